The molecule has 0 radical (unpaired) electrons. The number of ether oxygens (including phenoxy) is 1. The quantitative estimate of drug-likeness (QED) is 0.863. The zero-order valence-corrected chi connectivity index (χ0v) is 11.5. The topological polar surface area (TPSA) is 52.0 Å². The van der Waals surface area contributed by atoms with E-state index in [0.29, 0.717) is 6.04 Å². The minimum absolute atomic E-state index is 0.453. The van der Waals surface area contributed by atoms with Gasteiger partial charge in [-0.25, -0.2) is 0 Å². The Morgan fingerprint density at radius 2 is 2.20 bits per heavy atom. The lowest BCUT2D eigenvalue weighted by Crippen LogP contribution is -2.29. The number of benzene rings is 1. The highest BCUT2D eigenvalue weighted by atomic mass is 16.5. The lowest BCUT2D eigenvalue weighted by molar-refractivity contribution is 0.189. The van der Waals surface area contributed by atoms with Crippen molar-refractivity contribution in [3.05, 3.63) is 48.0 Å². The van der Waals surface area contributed by atoms with Gasteiger partial charge in [0.1, 0.15) is 12.2 Å². The van der Waals surface area contributed by atoms with Gasteiger partial charge in [-0.15, -0.1) is 10.2 Å². The Balaban J connectivity index is 1.53. The van der Waals surface area contributed by atoms with Crippen molar-refractivity contribution < 1.29 is 4.74 Å². The Morgan fingerprint density at radius 3 is 3.00 bits per heavy atom. The Labute approximate surface area is 119 Å². The summed E-state index contributed by atoms with van der Waals surface area (Å²) in [7, 11) is 0. The summed E-state index contributed by atoms with van der Waals surface area (Å²) in [6, 6.07) is 10.9. The van der Waals surface area contributed by atoms with E-state index in [9.17, 15) is 0 Å². The van der Waals surface area contributed by atoms with Gasteiger partial charge in [0.05, 0.1) is 13.2 Å². The lowest BCUT2D eigenvalue weighted by atomic mass is 10.1. The van der Waals surface area contributed by atoms with Crippen LogP contribution in [0.3, 0.4) is 0 Å². The summed E-state index contributed by atoms with van der Waals surface area (Å²) in [6.45, 7) is 3.33. The van der Waals surface area contributed by atoms with Gasteiger partial charge in [0.15, 0.2) is 0 Å². The molecule has 2 heterocycles. The Hall–Kier alpha value is -1.72. The highest BCUT2D eigenvalue weighted by Gasteiger charge is 2.15. The van der Waals surface area contributed by atoms with Crippen molar-refractivity contribution in [3.8, 4) is 0 Å². The van der Waals surface area contributed by atoms with E-state index in [-0.39, 0.29) is 0 Å². The number of hydrogen-bond donors (Lipinski definition) is 1. The summed E-state index contributed by atoms with van der Waals surface area (Å²) in [6.07, 6.45) is 3.89. The molecule has 0 spiro atoms. The molecule has 1 saturated heterocycles. The fourth-order valence-corrected chi connectivity index (χ4v) is 2.43. The van der Waals surface area contributed by atoms with Gasteiger partial charge in [-0.2, -0.15) is 0 Å². The maximum atomic E-state index is 5.36. The maximum absolute atomic E-state index is 5.36. The van der Waals surface area contributed by atoms with E-state index in [4.69, 9.17) is 4.74 Å². The van der Waals surface area contributed by atoms with E-state index in [2.05, 4.69) is 44.3 Å². The van der Waals surface area contributed by atoms with Crippen LogP contribution in [0.2, 0.25) is 0 Å². The van der Waals surface area contributed by atoms with Crippen LogP contribution < -0.4 is 5.32 Å². The molecule has 1 aromatic heterocycles. The predicted molar refractivity (Wildman–Crippen MR) is 76.2 cm³/mol. The molecular weight excluding hydrogens is 252 g/mol. The van der Waals surface area contributed by atoms with Crippen molar-refractivity contribution in [2.45, 2.75) is 32.0 Å². The van der Waals surface area contributed by atoms with Crippen LogP contribution in [-0.4, -0.2) is 34.0 Å². The van der Waals surface area contributed by atoms with Crippen molar-refractivity contribution in [3.63, 3.8) is 0 Å². The highest BCUT2D eigenvalue weighted by Crippen LogP contribution is 2.06. The first-order valence-corrected chi connectivity index (χ1v) is 7.13. The Morgan fingerprint density at radius 1 is 1.30 bits per heavy atom. The molecular formula is C15H20N4O. The van der Waals surface area contributed by atoms with Gasteiger partial charge in [-0.1, -0.05) is 30.3 Å². The highest BCUT2D eigenvalue weighted by molar-refractivity contribution is 5.14. The molecule has 1 unspecified atom stereocenters. The second-order valence-electron chi connectivity index (χ2n) is 5.12. The maximum Gasteiger partial charge on any atom is 0.146 e. The average molecular weight is 272 g/mol. The van der Waals surface area contributed by atoms with E-state index in [1.165, 1.54) is 5.56 Å². The van der Waals surface area contributed by atoms with Gasteiger partial charge >= 0.3 is 0 Å². The van der Waals surface area contributed by atoms with Crippen LogP contribution in [0.5, 0.6) is 0 Å². The molecule has 0 amide bonds. The van der Waals surface area contributed by atoms with Gasteiger partial charge in [0, 0.05) is 19.2 Å². The molecule has 20 heavy (non-hydrogen) atoms. The smallest absolute Gasteiger partial charge is 0.146 e. The van der Waals surface area contributed by atoms with Crippen molar-refractivity contribution >= 4 is 0 Å². The van der Waals surface area contributed by atoms with Crippen molar-refractivity contribution in [2.75, 3.05) is 13.2 Å². The molecule has 1 aliphatic rings. The molecule has 3 rings (SSSR count). The van der Waals surface area contributed by atoms with Crippen LogP contribution in [0.1, 0.15) is 17.8 Å². The molecule has 106 valence electrons. The first-order chi connectivity index (χ1) is 9.92. The number of nitrogens with zero attached hydrogens (tertiary/aromatic N) is 3. The molecule has 1 aromatic carbocycles. The fourth-order valence-electron chi connectivity index (χ4n) is 2.43. The number of aromatic nitrogens is 3. The van der Waals surface area contributed by atoms with Crippen LogP contribution in [0, 0.1) is 0 Å². The van der Waals surface area contributed by atoms with Gasteiger partial charge in [-0.05, 0) is 18.4 Å². The molecule has 5 heteroatoms. The van der Waals surface area contributed by atoms with Crippen LogP contribution in [0.25, 0.3) is 0 Å². The molecule has 0 aliphatic carbocycles. The number of hydrogen-bond acceptors (Lipinski definition) is 4. The standard InChI is InChI=1S/C15H20N4O/c1-2-4-13(5-3-1)6-8-19-12-17-18-15(19)10-16-14-7-9-20-11-14/h1-5,12,14,16H,6-11H2. The number of rotatable bonds is 6. The third-order valence-corrected chi connectivity index (χ3v) is 3.66. The lowest BCUT2D eigenvalue weighted by Gasteiger charge is -2.11. The minimum atomic E-state index is 0.453. The molecule has 1 aliphatic heterocycles. The first kappa shape index (κ1) is 13.3. The van der Waals surface area contributed by atoms with Crippen molar-refractivity contribution in [2.24, 2.45) is 0 Å². The summed E-state index contributed by atoms with van der Waals surface area (Å²) in [5.74, 6) is 0.993. The molecule has 5 nitrogen and oxygen atoms in total. The molecule has 1 fully saturated rings. The van der Waals surface area contributed by atoms with Gasteiger partial charge in [0.25, 0.3) is 0 Å². The number of nitrogens with one attached hydrogen (secondary N) is 1. The van der Waals surface area contributed by atoms with Crippen molar-refractivity contribution in [1.29, 1.82) is 0 Å². The predicted octanol–water partition coefficient (Wildman–Crippen LogP) is 1.40. The normalized spacial score (nSPS) is 18.5. The fraction of sp³-hybridized carbons (Fsp3) is 0.467. The average Bonchev–Trinajstić information content (AvgIpc) is 3.15. The monoisotopic (exact) mass is 272 g/mol. The summed E-state index contributed by atoms with van der Waals surface area (Å²) in [5.41, 5.74) is 1.34. The van der Waals surface area contributed by atoms with E-state index in [1.54, 1.807) is 0 Å². The van der Waals surface area contributed by atoms with Crippen LogP contribution >= 0.6 is 0 Å². The zero-order valence-electron chi connectivity index (χ0n) is 11.5. The molecule has 0 saturated carbocycles. The zero-order chi connectivity index (χ0) is 13.6. The first-order valence-electron chi connectivity index (χ1n) is 7.13. The van der Waals surface area contributed by atoms with Crippen LogP contribution in [-0.2, 0) is 24.2 Å². The Bertz CT molecular complexity index is 520. The Kier molecular flexibility index (Phi) is 4.40. The van der Waals surface area contributed by atoms with Gasteiger partial charge in [0.2, 0.25) is 0 Å². The SMILES string of the molecule is c1ccc(CCn2cnnc2CNC2CCOC2)cc1. The van der Waals surface area contributed by atoms with E-state index in [1.807, 2.05) is 12.4 Å². The molecule has 1 atom stereocenters. The van der Waals surface area contributed by atoms with E-state index in [0.717, 1.165) is 45.0 Å². The largest absolute Gasteiger partial charge is 0.380 e. The second-order valence-corrected chi connectivity index (χ2v) is 5.12. The van der Waals surface area contributed by atoms with Gasteiger partial charge < -0.3 is 14.6 Å². The van der Waals surface area contributed by atoms with Crippen LogP contribution in [0.15, 0.2) is 36.7 Å². The third-order valence-electron chi connectivity index (χ3n) is 3.66. The molecule has 0 bridgehead atoms. The van der Waals surface area contributed by atoms with Crippen LogP contribution in [0.4, 0.5) is 0 Å². The third kappa shape index (κ3) is 3.43. The number of aryl methyl sites for hydroxylation is 2. The minimum Gasteiger partial charge on any atom is -0.380 e. The van der Waals surface area contributed by atoms with E-state index >= 15 is 0 Å². The summed E-state index contributed by atoms with van der Waals surface area (Å²) >= 11 is 0. The summed E-state index contributed by atoms with van der Waals surface area (Å²) < 4.78 is 7.48. The van der Waals surface area contributed by atoms with Crippen molar-refractivity contribution in [1.82, 2.24) is 20.1 Å². The van der Waals surface area contributed by atoms with Gasteiger partial charge in [-0.3, -0.25) is 0 Å². The summed E-state index contributed by atoms with van der Waals surface area (Å²) in [4.78, 5) is 0. The summed E-state index contributed by atoms with van der Waals surface area (Å²) in [5, 5.41) is 11.7. The second kappa shape index (κ2) is 6.63. The van der Waals surface area contributed by atoms with E-state index < -0.39 is 0 Å². The molecule has 1 N–H and O–H groups in total. The molecule has 2 aromatic rings.